The SMILES string of the molecule is Cc1cccc(N(c2cccc(C)c2)c2cccc(-c3ccccc3)c2)c1. The van der Waals surface area contributed by atoms with Crippen LogP contribution < -0.4 is 4.90 Å². The predicted octanol–water partition coefficient (Wildman–Crippen LogP) is 7.44. The summed E-state index contributed by atoms with van der Waals surface area (Å²) in [5.74, 6) is 0. The molecule has 27 heavy (non-hydrogen) atoms. The number of anilines is 3. The third-order valence-corrected chi connectivity index (χ3v) is 4.73. The minimum absolute atomic E-state index is 1.16. The molecule has 0 aliphatic rings. The van der Waals surface area contributed by atoms with Gasteiger partial charge in [0.15, 0.2) is 0 Å². The molecule has 1 heteroatoms. The maximum absolute atomic E-state index is 2.33. The first-order valence-corrected chi connectivity index (χ1v) is 9.30. The van der Waals surface area contributed by atoms with Gasteiger partial charge in [-0.2, -0.15) is 0 Å². The minimum atomic E-state index is 1.16. The Bertz CT molecular complexity index is 1000. The van der Waals surface area contributed by atoms with Crippen molar-refractivity contribution in [1.82, 2.24) is 0 Å². The zero-order chi connectivity index (χ0) is 18.6. The van der Waals surface area contributed by atoms with E-state index in [1.165, 1.54) is 33.6 Å². The number of aryl methyl sites for hydroxylation is 2. The molecule has 0 atom stereocenters. The maximum atomic E-state index is 2.33. The summed E-state index contributed by atoms with van der Waals surface area (Å²) in [6.07, 6.45) is 0. The summed E-state index contributed by atoms with van der Waals surface area (Å²) in [5.41, 5.74) is 8.46. The molecular formula is C26H23N. The van der Waals surface area contributed by atoms with E-state index < -0.39 is 0 Å². The average Bonchev–Trinajstić information content (AvgIpc) is 2.69. The van der Waals surface area contributed by atoms with Gasteiger partial charge in [0.2, 0.25) is 0 Å². The van der Waals surface area contributed by atoms with Gasteiger partial charge in [-0.05, 0) is 72.5 Å². The smallest absolute Gasteiger partial charge is 0.0467 e. The fourth-order valence-electron chi connectivity index (χ4n) is 3.44. The van der Waals surface area contributed by atoms with Crippen LogP contribution in [0.3, 0.4) is 0 Å². The van der Waals surface area contributed by atoms with Gasteiger partial charge in [-0.25, -0.2) is 0 Å². The minimum Gasteiger partial charge on any atom is -0.310 e. The third kappa shape index (κ3) is 3.78. The Hall–Kier alpha value is -3.32. The second kappa shape index (κ2) is 7.51. The quantitative estimate of drug-likeness (QED) is 0.370. The van der Waals surface area contributed by atoms with Gasteiger partial charge in [-0.1, -0.05) is 66.7 Å². The van der Waals surface area contributed by atoms with Crippen LogP contribution in [0.1, 0.15) is 11.1 Å². The van der Waals surface area contributed by atoms with Gasteiger partial charge in [0.05, 0.1) is 0 Å². The second-order valence-electron chi connectivity index (χ2n) is 6.93. The van der Waals surface area contributed by atoms with Gasteiger partial charge in [-0.3, -0.25) is 0 Å². The molecule has 1 nitrogen and oxygen atoms in total. The van der Waals surface area contributed by atoms with Crippen LogP contribution in [0.4, 0.5) is 17.1 Å². The van der Waals surface area contributed by atoms with E-state index in [0.29, 0.717) is 0 Å². The van der Waals surface area contributed by atoms with Crippen LogP contribution in [-0.2, 0) is 0 Å². The summed E-state index contributed by atoms with van der Waals surface area (Å²) in [6, 6.07) is 36.6. The molecule has 0 aromatic heterocycles. The van der Waals surface area contributed by atoms with E-state index in [1.807, 2.05) is 0 Å². The van der Waals surface area contributed by atoms with Crippen molar-refractivity contribution in [2.24, 2.45) is 0 Å². The van der Waals surface area contributed by atoms with Crippen LogP contribution in [0.25, 0.3) is 11.1 Å². The van der Waals surface area contributed by atoms with Crippen molar-refractivity contribution < 1.29 is 0 Å². The molecule has 0 radical (unpaired) electrons. The van der Waals surface area contributed by atoms with Crippen LogP contribution in [0.2, 0.25) is 0 Å². The van der Waals surface area contributed by atoms with Crippen molar-refractivity contribution >= 4 is 17.1 Å². The fraction of sp³-hybridized carbons (Fsp3) is 0.0769. The highest BCUT2D eigenvalue weighted by Gasteiger charge is 2.13. The van der Waals surface area contributed by atoms with Gasteiger partial charge in [-0.15, -0.1) is 0 Å². The molecule has 0 amide bonds. The summed E-state index contributed by atoms with van der Waals surface area (Å²) in [5, 5.41) is 0. The molecule has 0 aliphatic carbocycles. The number of nitrogens with zero attached hydrogens (tertiary/aromatic N) is 1. The van der Waals surface area contributed by atoms with Crippen molar-refractivity contribution in [3.8, 4) is 11.1 Å². The lowest BCUT2D eigenvalue weighted by molar-refractivity contribution is 1.26. The molecule has 4 rings (SSSR count). The molecule has 0 unspecified atom stereocenters. The van der Waals surface area contributed by atoms with E-state index in [4.69, 9.17) is 0 Å². The van der Waals surface area contributed by atoms with Gasteiger partial charge >= 0.3 is 0 Å². The van der Waals surface area contributed by atoms with Crippen LogP contribution >= 0.6 is 0 Å². The summed E-state index contributed by atoms with van der Waals surface area (Å²) in [7, 11) is 0. The molecule has 0 fully saturated rings. The van der Waals surface area contributed by atoms with Crippen molar-refractivity contribution in [2.75, 3.05) is 4.90 Å². The zero-order valence-electron chi connectivity index (χ0n) is 15.8. The first-order valence-electron chi connectivity index (χ1n) is 9.30. The van der Waals surface area contributed by atoms with E-state index in [2.05, 4.69) is 122 Å². The molecule has 4 aromatic rings. The Kier molecular flexibility index (Phi) is 4.76. The highest BCUT2D eigenvalue weighted by molar-refractivity contribution is 5.80. The lowest BCUT2D eigenvalue weighted by Crippen LogP contribution is -2.10. The molecule has 0 heterocycles. The molecule has 0 bridgehead atoms. The van der Waals surface area contributed by atoms with Crippen LogP contribution in [0, 0.1) is 13.8 Å². The summed E-state index contributed by atoms with van der Waals surface area (Å²) in [4.78, 5) is 2.33. The van der Waals surface area contributed by atoms with E-state index in [0.717, 1.165) is 5.69 Å². The van der Waals surface area contributed by atoms with E-state index >= 15 is 0 Å². The van der Waals surface area contributed by atoms with Gasteiger partial charge in [0, 0.05) is 17.1 Å². The van der Waals surface area contributed by atoms with E-state index in [1.54, 1.807) is 0 Å². The molecular weight excluding hydrogens is 326 g/mol. The topological polar surface area (TPSA) is 3.24 Å². The number of benzene rings is 4. The maximum Gasteiger partial charge on any atom is 0.0467 e. The van der Waals surface area contributed by atoms with Gasteiger partial charge < -0.3 is 4.90 Å². The molecule has 0 saturated heterocycles. The largest absolute Gasteiger partial charge is 0.310 e. The van der Waals surface area contributed by atoms with Crippen LogP contribution in [0.5, 0.6) is 0 Å². The first-order chi connectivity index (χ1) is 13.2. The van der Waals surface area contributed by atoms with Crippen molar-refractivity contribution in [1.29, 1.82) is 0 Å². The summed E-state index contributed by atoms with van der Waals surface area (Å²) >= 11 is 0. The normalized spacial score (nSPS) is 10.6. The number of hydrogen-bond acceptors (Lipinski definition) is 1. The monoisotopic (exact) mass is 349 g/mol. The average molecular weight is 349 g/mol. The Labute approximate surface area is 161 Å². The number of rotatable bonds is 4. The van der Waals surface area contributed by atoms with Crippen LogP contribution in [0.15, 0.2) is 103 Å². The predicted molar refractivity (Wildman–Crippen MR) is 116 cm³/mol. The van der Waals surface area contributed by atoms with E-state index in [-0.39, 0.29) is 0 Å². The van der Waals surface area contributed by atoms with Crippen molar-refractivity contribution in [3.05, 3.63) is 114 Å². The standard InChI is InChI=1S/C26H23N/c1-20-9-6-14-24(17-20)27(25-15-7-10-21(2)18-25)26-16-8-13-23(19-26)22-11-4-3-5-12-22/h3-19H,1-2H3. The Morgan fingerprint density at radius 1 is 0.444 bits per heavy atom. The van der Waals surface area contributed by atoms with Crippen LogP contribution in [-0.4, -0.2) is 0 Å². The highest BCUT2D eigenvalue weighted by Crippen LogP contribution is 2.36. The Morgan fingerprint density at radius 2 is 0.926 bits per heavy atom. The lowest BCUT2D eigenvalue weighted by atomic mass is 10.0. The Balaban J connectivity index is 1.87. The van der Waals surface area contributed by atoms with Crippen molar-refractivity contribution in [3.63, 3.8) is 0 Å². The Morgan fingerprint density at radius 3 is 1.48 bits per heavy atom. The van der Waals surface area contributed by atoms with Gasteiger partial charge in [0.25, 0.3) is 0 Å². The van der Waals surface area contributed by atoms with Gasteiger partial charge in [0.1, 0.15) is 0 Å². The lowest BCUT2D eigenvalue weighted by Gasteiger charge is -2.26. The molecule has 4 aromatic carbocycles. The molecule has 0 N–H and O–H groups in total. The zero-order valence-corrected chi connectivity index (χ0v) is 15.8. The van der Waals surface area contributed by atoms with E-state index in [9.17, 15) is 0 Å². The highest BCUT2D eigenvalue weighted by atomic mass is 15.1. The third-order valence-electron chi connectivity index (χ3n) is 4.73. The first kappa shape index (κ1) is 17.1. The van der Waals surface area contributed by atoms with Crippen molar-refractivity contribution in [2.45, 2.75) is 13.8 Å². The summed E-state index contributed by atoms with van der Waals surface area (Å²) in [6.45, 7) is 4.27. The molecule has 0 aliphatic heterocycles. The molecule has 132 valence electrons. The fourth-order valence-corrected chi connectivity index (χ4v) is 3.44. The number of hydrogen-bond donors (Lipinski definition) is 0. The second-order valence-corrected chi connectivity index (χ2v) is 6.93. The molecule has 0 saturated carbocycles. The molecule has 0 spiro atoms. The summed E-state index contributed by atoms with van der Waals surface area (Å²) < 4.78 is 0.